The molecule has 2 aromatic rings. The highest BCUT2D eigenvalue weighted by Crippen LogP contribution is 2.26. The molecule has 0 aromatic heterocycles. The lowest BCUT2D eigenvalue weighted by molar-refractivity contribution is 0.302. The molecule has 0 bridgehead atoms. The van der Waals surface area contributed by atoms with Crippen molar-refractivity contribution in [3.8, 4) is 5.75 Å². The van der Waals surface area contributed by atoms with E-state index in [1.165, 1.54) is 20.3 Å². The minimum Gasteiger partial charge on any atom is -0.488 e. The number of aryl methyl sites for hydroxylation is 1. The van der Waals surface area contributed by atoms with Gasteiger partial charge in [0.1, 0.15) is 12.4 Å². The zero-order valence-electron chi connectivity index (χ0n) is 10.1. The van der Waals surface area contributed by atoms with E-state index in [0.29, 0.717) is 6.61 Å². The standard InChI is InChI=1S/C15H14BrIO/c1-11-3-2-4-13(9-16)15(11)18-10-12-5-7-14(17)8-6-12/h2-8H,9-10H2,1H3. The number of alkyl halides is 1. The van der Waals surface area contributed by atoms with Crippen LogP contribution in [0.5, 0.6) is 5.75 Å². The lowest BCUT2D eigenvalue weighted by Crippen LogP contribution is -1.99. The van der Waals surface area contributed by atoms with E-state index >= 15 is 0 Å². The fourth-order valence-corrected chi connectivity index (χ4v) is 2.56. The van der Waals surface area contributed by atoms with Crippen molar-refractivity contribution in [2.45, 2.75) is 18.9 Å². The van der Waals surface area contributed by atoms with Crippen molar-refractivity contribution in [1.82, 2.24) is 0 Å². The lowest BCUT2D eigenvalue weighted by Gasteiger charge is -2.13. The highest BCUT2D eigenvalue weighted by molar-refractivity contribution is 14.1. The minimum atomic E-state index is 0.613. The summed E-state index contributed by atoms with van der Waals surface area (Å²) in [6, 6.07) is 14.6. The number of benzene rings is 2. The Hall–Kier alpha value is -0.550. The van der Waals surface area contributed by atoms with Crippen LogP contribution in [0.3, 0.4) is 0 Å². The second-order valence-corrected chi connectivity index (χ2v) is 5.92. The maximum atomic E-state index is 5.95. The first-order valence-corrected chi connectivity index (χ1v) is 7.92. The largest absolute Gasteiger partial charge is 0.488 e. The molecule has 0 fully saturated rings. The first-order valence-electron chi connectivity index (χ1n) is 5.72. The van der Waals surface area contributed by atoms with Gasteiger partial charge in [-0.05, 0) is 52.8 Å². The van der Waals surface area contributed by atoms with E-state index < -0.39 is 0 Å². The van der Waals surface area contributed by atoms with Crippen molar-refractivity contribution in [3.05, 3.63) is 62.7 Å². The van der Waals surface area contributed by atoms with Crippen molar-refractivity contribution in [2.24, 2.45) is 0 Å². The van der Waals surface area contributed by atoms with Crippen LogP contribution >= 0.6 is 38.5 Å². The Morgan fingerprint density at radius 3 is 2.50 bits per heavy atom. The SMILES string of the molecule is Cc1cccc(CBr)c1OCc1ccc(I)cc1. The van der Waals surface area contributed by atoms with Crippen molar-refractivity contribution in [2.75, 3.05) is 0 Å². The molecule has 0 aliphatic carbocycles. The van der Waals surface area contributed by atoms with Gasteiger partial charge < -0.3 is 4.74 Å². The zero-order chi connectivity index (χ0) is 13.0. The van der Waals surface area contributed by atoms with Crippen LogP contribution in [0, 0.1) is 10.5 Å². The van der Waals surface area contributed by atoms with Gasteiger partial charge in [0.2, 0.25) is 0 Å². The Kier molecular flexibility index (Phi) is 5.06. The van der Waals surface area contributed by atoms with E-state index in [9.17, 15) is 0 Å². The maximum Gasteiger partial charge on any atom is 0.126 e. The van der Waals surface area contributed by atoms with Crippen LogP contribution in [0.1, 0.15) is 16.7 Å². The molecule has 0 atom stereocenters. The summed E-state index contributed by atoms with van der Waals surface area (Å²) in [5.74, 6) is 0.993. The number of hydrogen-bond donors (Lipinski definition) is 0. The van der Waals surface area contributed by atoms with Gasteiger partial charge in [-0.15, -0.1) is 0 Å². The van der Waals surface area contributed by atoms with Crippen LogP contribution in [0.15, 0.2) is 42.5 Å². The molecule has 0 saturated heterocycles. The summed E-state index contributed by atoms with van der Waals surface area (Å²) in [5.41, 5.74) is 3.57. The number of hydrogen-bond acceptors (Lipinski definition) is 1. The fourth-order valence-electron chi connectivity index (χ4n) is 1.76. The van der Waals surface area contributed by atoms with E-state index in [2.05, 4.69) is 87.9 Å². The molecule has 0 heterocycles. The second kappa shape index (κ2) is 6.57. The van der Waals surface area contributed by atoms with Crippen molar-refractivity contribution >= 4 is 38.5 Å². The summed E-state index contributed by atoms with van der Waals surface area (Å²) in [7, 11) is 0. The van der Waals surface area contributed by atoms with E-state index in [1.807, 2.05) is 0 Å². The molecule has 0 N–H and O–H groups in total. The van der Waals surface area contributed by atoms with Crippen LogP contribution in [0.25, 0.3) is 0 Å². The summed E-state index contributed by atoms with van der Waals surface area (Å²) in [6.45, 7) is 2.69. The number of ether oxygens (including phenoxy) is 1. The summed E-state index contributed by atoms with van der Waals surface area (Å²) >= 11 is 5.80. The first kappa shape index (κ1) is 13.9. The van der Waals surface area contributed by atoms with Crippen LogP contribution < -0.4 is 4.74 Å². The maximum absolute atomic E-state index is 5.95. The zero-order valence-corrected chi connectivity index (χ0v) is 13.9. The molecule has 2 aromatic carbocycles. The highest BCUT2D eigenvalue weighted by Gasteiger charge is 2.06. The van der Waals surface area contributed by atoms with E-state index in [0.717, 1.165) is 11.1 Å². The fraction of sp³-hybridized carbons (Fsp3) is 0.200. The second-order valence-electron chi connectivity index (χ2n) is 4.11. The summed E-state index contributed by atoms with van der Waals surface area (Å²) in [4.78, 5) is 0. The molecule has 3 heteroatoms. The monoisotopic (exact) mass is 416 g/mol. The minimum absolute atomic E-state index is 0.613. The van der Waals surface area contributed by atoms with E-state index in [1.54, 1.807) is 0 Å². The van der Waals surface area contributed by atoms with Crippen molar-refractivity contribution in [1.29, 1.82) is 0 Å². The van der Waals surface area contributed by atoms with E-state index in [-0.39, 0.29) is 0 Å². The van der Waals surface area contributed by atoms with E-state index in [4.69, 9.17) is 4.74 Å². The van der Waals surface area contributed by atoms with Gasteiger partial charge in [-0.25, -0.2) is 0 Å². The average Bonchev–Trinajstić information content (AvgIpc) is 2.39. The smallest absolute Gasteiger partial charge is 0.126 e. The van der Waals surface area contributed by atoms with Crippen LogP contribution in [0.4, 0.5) is 0 Å². The Morgan fingerprint density at radius 1 is 1.11 bits per heavy atom. The van der Waals surface area contributed by atoms with Crippen molar-refractivity contribution < 1.29 is 4.74 Å². The predicted octanol–water partition coefficient (Wildman–Crippen LogP) is 5.07. The van der Waals surface area contributed by atoms with Crippen molar-refractivity contribution in [3.63, 3.8) is 0 Å². The van der Waals surface area contributed by atoms with Crippen LogP contribution in [-0.4, -0.2) is 0 Å². The molecular formula is C15H14BrIO. The Labute approximate surface area is 130 Å². The number of halogens is 2. The summed E-state index contributed by atoms with van der Waals surface area (Å²) < 4.78 is 7.20. The Balaban J connectivity index is 2.12. The molecule has 0 aliphatic heterocycles. The third kappa shape index (κ3) is 3.48. The molecule has 0 spiro atoms. The molecule has 0 saturated carbocycles. The Morgan fingerprint density at radius 2 is 1.83 bits per heavy atom. The highest BCUT2D eigenvalue weighted by atomic mass is 127. The molecule has 94 valence electrons. The van der Waals surface area contributed by atoms with Gasteiger partial charge in [0.25, 0.3) is 0 Å². The third-order valence-electron chi connectivity index (χ3n) is 2.73. The number of para-hydroxylation sites is 1. The van der Waals surface area contributed by atoms with Gasteiger partial charge in [-0.2, -0.15) is 0 Å². The normalized spacial score (nSPS) is 10.4. The molecule has 2 rings (SSSR count). The topological polar surface area (TPSA) is 9.23 Å². The molecule has 0 unspecified atom stereocenters. The van der Waals surface area contributed by atoms with Crippen LogP contribution in [0.2, 0.25) is 0 Å². The van der Waals surface area contributed by atoms with Gasteiger partial charge in [0.15, 0.2) is 0 Å². The van der Waals surface area contributed by atoms with Gasteiger partial charge >= 0.3 is 0 Å². The first-order chi connectivity index (χ1) is 8.70. The lowest BCUT2D eigenvalue weighted by atomic mass is 10.1. The molecule has 1 nitrogen and oxygen atoms in total. The van der Waals surface area contributed by atoms with Gasteiger partial charge in [-0.3, -0.25) is 0 Å². The molecule has 0 aliphatic rings. The quantitative estimate of drug-likeness (QED) is 0.499. The molecular weight excluding hydrogens is 403 g/mol. The number of rotatable bonds is 4. The molecule has 0 amide bonds. The van der Waals surface area contributed by atoms with Crippen LogP contribution in [-0.2, 0) is 11.9 Å². The Bertz CT molecular complexity index is 523. The molecule has 0 radical (unpaired) electrons. The third-order valence-corrected chi connectivity index (χ3v) is 4.06. The average molecular weight is 417 g/mol. The van der Waals surface area contributed by atoms with Gasteiger partial charge in [-0.1, -0.05) is 46.3 Å². The van der Waals surface area contributed by atoms with Gasteiger partial charge in [0.05, 0.1) is 0 Å². The predicted molar refractivity (Wildman–Crippen MR) is 87.3 cm³/mol. The molecule has 18 heavy (non-hydrogen) atoms. The summed E-state index contributed by atoms with van der Waals surface area (Å²) in [5, 5.41) is 0.816. The van der Waals surface area contributed by atoms with Gasteiger partial charge in [0, 0.05) is 14.5 Å². The summed E-state index contributed by atoms with van der Waals surface area (Å²) in [6.07, 6.45) is 0.